The van der Waals surface area contributed by atoms with Crippen LogP contribution in [0.15, 0.2) is 28.9 Å². The van der Waals surface area contributed by atoms with Crippen molar-refractivity contribution in [3.8, 4) is 0 Å². The predicted octanol–water partition coefficient (Wildman–Crippen LogP) is 4.20. The molecule has 2 aliphatic rings. The number of hydrogen-bond acceptors (Lipinski definition) is 0. The lowest BCUT2D eigenvalue weighted by molar-refractivity contribution is 0.518. The van der Waals surface area contributed by atoms with Crippen LogP contribution in [-0.2, 0) is 0 Å². The zero-order chi connectivity index (χ0) is 10.2. The fourth-order valence-corrected chi connectivity index (χ4v) is 2.10. The molecule has 2 rings (SSSR count). The van der Waals surface area contributed by atoms with E-state index in [-0.39, 0.29) is 5.41 Å². The third-order valence-electron chi connectivity index (χ3n) is 3.14. The van der Waals surface area contributed by atoms with Gasteiger partial charge in [-0.1, -0.05) is 32.4 Å². The first-order valence-corrected chi connectivity index (χ1v) is 5.61. The Morgan fingerprint density at radius 1 is 1.14 bits per heavy atom. The fourth-order valence-electron chi connectivity index (χ4n) is 2.10. The maximum atomic E-state index is 3.42. The molecule has 1 radical (unpaired) electrons. The van der Waals surface area contributed by atoms with Gasteiger partial charge < -0.3 is 0 Å². The molecule has 0 aromatic heterocycles. The molecular formula is C14H19. The van der Waals surface area contributed by atoms with Gasteiger partial charge in [-0.15, -0.1) is 0 Å². The van der Waals surface area contributed by atoms with E-state index in [9.17, 15) is 0 Å². The summed E-state index contributed by atoms with van der Waals surface area (Å²) in [5.41, 5.74) is 4.70. The quantitative estimate of drug-likeness (QED) is 0.533. The van der Waals surface area contributed by atoms with Crippen LogP contribution in [0.25, 0.3) is 0 Å². The molecule has 1 fully saturated rings. The van der Waals surface area contributed by atoms with Crippen molar-refractivity contribution in [1.29, 1.82) is 0 Å². The van der Waals surface area contributed by atoms with Crippen LogP contribution in [0, 0.1) is 11.5 Å². The molecule has 0 nitrogen and oxygen atoms in total. The molecule has 0 aromatic carbocycles. The van der Waals surface area contributed by atoms with Crippen LogP contribution in [0.2, 0.25) is 0 Å². The third kappa shape index (κ3) is 1.84. The molecule has 0 bridgehead atoms. The third-order valence-corrected chi connectivity index (χ3v) is 3.14. The maximum absolute atomic E-state index is 3.42. The summed E-state index contributed by atoms with van der Waals surface area (Å²) in [7, 11) is 0. The van der Waals surface area contributed by atoms with Gasteiger partial charge in [-0.2, -0.15) is 0 Å². The standard InChI is InChI=1S/C14H19/c1-14(2,3)13-9-8-12(10-13)11-6-4-5-7-11/h9-10H,4-7H2,1-3H3. The second kappa shape index (κ2) is 3.42. The topological polar surface area (TPSA) is 0 Å². The Kier molecular flexibility index (Phi) is 2.38. The Morgan fingerprint density at radius 3 is 2.29 bits per heavy atom. The van der Waals surface area contributed by atoms with E-state index in [1.807, 2.05) is 0 Å². The molecule has 0 spiro atoms. The highest BCUT2D eigenvalue weighted by Crippen LogP contribution is 2.35. The van der Waals surface area contributed by atoms with Crippen molar-refractivity contribution in [2.45, 2.75) is 46.5 Å². The normalized spacial score (nSPS) is 22.1. The van der Waals surface area contributed by atoms with Crippen LogP contribution in [0.4, 0.5) is 0 Å². The van der Waals surface area contributed by atoms with Crippen molar-refractivity contribution in [2.75, 3.05) is 0 Å². The fraction of sp³-hybridized carbons (Fsp3) is 0.571. The number of hydrogen-bond donors (Lipinski definition) is 0. The van der Waals surface area contributed by atoms with E-state index in [4.69, 9.17) is 0 Å². The minimum Gasteiger partial charge on any atom is -0.0623 e. The molecular weight excluding hydrogens is 168 g/mol. The van der Waals surface area contributed by atoms with Crippen LogP contribution < -0.4 is 0 Å². The Balaban J connectivity index is 2.25. The van der Waals surface area contributed by atoms with Gasteiger partial charge in [-0.05, 0) is 54.4 Å². The summed E-state index contributed by atoms with van der Waals surface area (Å²) in [6, 6.07) is 0. The van der Waals surface area contributed by atoms with Crippen LogP contribution in [-0.4, -0.2) is 0 Å². The van der Waals surface area contributed by atoms with Crippen molar-refractivity contribution in [3.63, 3.8) is 0 Å². The molecule has 1 saturated carbocycles. The first-order chi connectivity index (χ1) is 6.57. The first kappa shape index (κ1) is 9.76. The van der Waals surface area contributed by atoms with E-state index in [0.717, 1.165) is 0 Å². The summed E-state index contributed by atoms with van der Waals surface area (Å²) < 4.78 is 0. The lowest BCUT2D eigenvalue weighted by Crippen LogP contribution is -2.05. The highest BCUT2D eigenvalue weighted by molar-refractivity contribution is 5.47. The average Bonchev–Trinajstić information content (AvgIpc) is 2.73. The molecule has 0 aliphatic heterocycles. The van der Waals surface area contributed by atoms with Gasteiger partial charge in [-0.25, -0.2) is 0 Å². The zero-order valence-electron chi connectivity index (χ0n) is 9.48. The summed E-state index contributed by atoms with van der Waals surface area (Å²) >= 11 is 0. The molecule has 0 heteroatoms. The zero-order valence-corrected chi connectivity index (χ0v) is 9.48. The summed E-state index contributed by atoms with van der Waals surface area (Å²) in [5.74, 6) is 0. The SMILES string of the molecule is CC(C)(C)C1=CC(=C2CCCC2)[C]=C1. The molecule has 2 aliphatic carbocycles. The predicted molar refractivity (Wildman–Crippen MR) is 60.8 cm³/mol. The molecule has 0 atom stereocenters. The van der Waals surface area contributed by atoms with E-state index in [0.29, 0.717) is 0 Å². The van der Waals surface area contributed by atoms with Gasteiger partial charge in [0.1, 0.15) is 0 Å². The molecule has 75 valence electrons. The van der Waals surface area contributed by atoms with Gasteiger partial charge in [0.15, 0.2) is 0 Å². The van der Waals surface area contributed by atoms with Crippen molar-refractivity contribution in [1.82, 2.24) is 0 Å². The average molecular weight is 187 g/mol. The molecule has 0 unspecified atom stereocenters. The minimum atomic E-state index is 0.272. The van der Waals surface area contributed by atoms with Gasteiger partial charge >= 0.3 is 0 Å². The van der Waals surface area contributed by atoms with E-state index in [1.54, 1.807) is 5.57 Å². The Bertz CT molecular complexity index is 310. The van der Waals surface area contributed by atoms with Gasteiger partial charge in [0, 0.05) is 0 Å². The monoisotopic (exact) mass is 187 g/mol. The summed E-state index contributed by atoms with van der Waals surface area (Å²) in [4.78, 5) is 0. The smallest absolute Gasteiger partial charge is 0.0103 e. The minimum absolute atomic E-state index is 0.272. The molecule has 14 heavy (non-hydrogen) atoms. The first-order valence-electron chi connectivity index (χ1n) is 5.61. The van der Waals surface area contributed by atoms with Crippen LogP contribution in [0.1, 0.15) is 46.5 Å². The Hall–Kier alpha value is -0.780. The summed E-state index contributed by atoms with van der Waals surface area (Å²) in [5, 5.41) is 0. The van der Waals surface area contributed by atoms with E-state index >= 15 is 0 Å². The van der Waals surface area contributed by atoms with E-state index < -0.39 is 0 Å². The van der Waals surface area contributed by atoms with Crippen molar-refractivity contribution in [3.05, 3.63) is 34.9 Å². The lowest BCUT2D eigenvalue weighted by Gasteiger charge is -2.18. The van der Waals surface area contributed by atoms with Gasteiger partial charge in [0.2, 0.25) is 0 Å². The van der Waals surface area contributed by atoms with Crippen molar-refractivity contribution in [2.24, 2.45) is 5.41 Å². The summed E-state index contributed by atoms with van der Waals surface area (Å²) in [6.07, 6.45) is 13.3. The van der Waals surface area contributed by atoms with Crippen molar-refractivity contribution < 1.29 is 0 Å². The van der Waals surface area contributed by atoms with Crippen LogP contribution >= 0.6 is 0 Å². The van der Waals surface area contributed by atoms with Gasteiger partial charge in [-0.3, -0.25) is 0 Å². The molecule has 0 heterocycles. The molecule has 0 saturated heterocycles. The van der Waals surface area contributed by atoms with Gasteiger partial charge in [0.05, 0.1) is 0 Å². The number of allylic oxidation sites excluding steroid dienone is 6. The van der Waals surface area contributed by atoms with Crippen LogP contribution in [0.5, 0.6) is 0 Å². The summed E-state index contributed by atoms with van der Waals surface area (Å²) in [6.45, 7) is 6.79. The highest BCUT2D eigenvalue weighted by atomic mass is 14.2. The molecule has 0 aromatic rings. The Labute approximate surface area is 87.4 Å². The number of rotatable bonds is 0. The Morgan fingerprint density at radius 2 is 1.79 bits per heavy atom. The molecule has 0 amide bonds. The highest BCUT2D eigenvalue weighted by Gasteiger charge is 2.20. The van der Waals surface area contributed by atoms with Crippen molar-refractivity contribution >= 4 is 0 Å². The van der Waals surface area contributed by atoms with E-state index in [1.165, 1.54) is 36.8 Å². The largest absolute Gasteiger partial charge is 0.0623 e. The molecule has 0 N–H and O–H groups in total. The van der Waals surface area contributed by atoms with Gasteiger partial charge in [0.25, 0.3) is 0 Å². The lowest BCUT2D eigenvalue weighted by atomic mass is 9.87. The second-order valence-electron chi connectivity index (χ2n) is 5.36. The second-order valence-corrected chi connectivity index (χ2v) is 5.36. The van der Waals surface area contributed by atoms with E-state index in [2.05, 4.69) is 39.0 Å². The maximum Gasteiger partial charge on any atom is -0.0103 e. The van der Waals surface area contributed by atoms with Crippen LogP contribution in [0.3, 0.4) is 0 Å².